The Morgan fingerprint density at radius 2 is 1.60 bits per heavy atom. The van der Waals surface area contributed by atoms with Crippen molar-refractivity contribution in [2.24, 2.45) is 0 Å². The van der Waals surface area contributed by atoms with Gasteiger partial charge < -0.3 is 30.7 Å². The lowest BCUT2D eigenvalue weighted by Crippen LogP contribution is -2.57. The van der Waals surface area contributed by atoms with Crippen LogP contribution in [-0.4, -0.2) is 67.0 Å². The number of carbonyl (C=O) groups is 4. The Balaban J connectivity index is 1.50. The molecule has 0 fully saturated rings. The highest BCUT2D eigenvalue weighted by Crippen LogP contribution is 2.25. The van der Waals surface area contributed by atoms with Crippen molar-refractivity contribution in [1.82, 2.24) is 26.3 Å². The smallest absolute Gasteiger partial charge is 0.253 e. The minimum atomic E-state index is -1.05. The van der Waals surface area contributed by atoms with Gasteiger partial charge in [-0.3, -0.25) is 24.2 Å². The molecule has 11 nitrogen and oxygen atoms in total. The molecule has 48 heavy (non-hydrogen) atoms. The summed E-state index contributed by atoms with van der Waals surface area (Å²) in [7, 11) is 1.54. The second-order valence-corrected chi connectivity index (χ2v) is 11.5. The van der Waals surface area contributed by atoms with Crippen molar-refractivity contribution in [3.63, 3.8) is 0 Å². The number of fused-ring (bicyclic) bond motifs is 4. The fraction of sp³-hybridized carbons (Fsp3) is 0.270. The van der Waals surface area contributed by atoms with Gasteiger partial charge in [-0.15, -0.1) is 0 Å². The molecule has 248 valence electrons. The van der Waals surface area contributed by atoms with E-state index in [2.05, 4.69) is 26.3 Å². The van der Waals surface area contributed by atoms with Crippen LogP contribution in [0.4, 0.5) is 0 Å². The highest BCUT2D eigenvalue weighted by atomic mass is 16.5. The van der Waals surface area contributed by atoms with Gasteiger partial charge in [0.05, 0.1) is 12.2 Å². The number of hydrogen-bond acceptors (Lipinski definition) is 7. The molecule has 0 saturated heterocycles. The van der Waals surface area contributed by atoms with Crippen LogP contribution in [0.1, 0.15) is 33.5 Å². The molecule has 1 aromatic heterocycles. The summed E-state index contributed by atoms with van der Waals surface area (Å²) in [6.45, 7) is 0.560. The van der Waals surface area contributed by atoms with E-state index in [4.69, 9.17) is 9.47 Å². The van der Waals surface area contributed by atoms with Gasteiger partial charge in [0.15, 0.2) is 0 Å². The van der Waals surface area contributed by atoms with E-state index in [1.54, 1.807) is 36.5 Å². The van der Waals surface area contributed by atoms with Gasteiger partial charge in [0.25, 0.3) is 5.91 Å². The Kier molecular flexibility index (Phi) is 11.9. The van der Waals surface area contributed by atoms with E-state index in [0.717, 1.165) is 16.7 Å². The van der Waals surface area contributed by atoms with E-state index in [0.29, 0.717) is 24.5 Å². The number of nitrogens with one attached hydrogen (secondary N) is 4. The number of methoxy groups -OCH3 is 1. The highest BCUT2D eigenvalue weighted by Gasteiger charge is 2.30. The van der Waals surface area contributed by atoms with E-state index < -0.39 is 41.8 Å². The average molecular weight is 650 g/mol. The second-order valence-electron chi connectivity index (χ2n) is 11.5. The zero-order valence-corrected chi connectivity index (χ0v) is 26.7. The van der Waals surface area contributed by atoms with Crippen LogP contribution < -0.4 is 26.0 Å². The van der Waals surface area contributed by atoms with Crippen molar-refractivity contribution in [2.45, 2.75) is 43.8 Å². The first-order valence-electron chi connectivity index (χ1n) is 15.9. The average Bonchev–Trinajstić information content (AvgIpc) is 3.10. The maximum atomic E-state index is 14.0. The van der Waals surface area contributed by atoms with Crippen LogP contribution in [0.2, 0.25) is 0 Å². The van der Waals surface area contributed by atoms with Gasteiger partial charge in [-0.1, -0.05) is 54.6 Å². The Bertz CT molecular complexity index is 1700. The summed E-state index contributed by atoms with van der Waals surface area (Å²) in [5.41, 5.74) is 2.78. The number of carbonyl (C=O) groups excluding carboxylic acids is 4. The number of amides is 4. The van der Waals surface area contributed by atoms with Gasteiger partial charge in [0, 0.05) is 38.9 Å². The van der Waals surface area contributed by atoms with Crippen molar-refractivity contribution in [3.05, 3.63) is 126 Å². The van der Waals surface area contributed by atoms with Crippen molar-refractivity contribution < 1.29 is 28.7 Å². The minimum absolute atomic E-state index is 0.118. The van der Waals surface area contributed by atoms with Crippen molar-refractivity contribution >= 4 is 23.6 Å². The Hall–Kier alpha value is -5.55. The van der Waals surface area contributed by atoms with E-state index in [-0.39, 0.29) is 31.4 Å². The lowest BCUT2D eigenvalue weighted by Gasteiger charge is -2.26. The van der Waals surface area contributed by atoms with E-state index >= 15 is 0 Å². The standard InChI is InChI=1S/C37H39N5O6/c1-47-19-18-39-35(44)32-22-26-10-5-13-29(20-26)48-30-14-6-11-27(21-30)23-33(41-34(43)28-12-7-17-38-24-28)37(46)40-31(36(45)42-32)16-15-25-8-3-2-4-9-25/h2-14,17,20-21,24,31-33H,15-16,18-19,22-23H2,1H3,(H,39,44)(H,40,46)(H,41,43)(H,42,45)/t31-,32-,33-/m0/s1. The molecule has 4 amide bonds. The molecule has 1 aliphatic heterocycles. The second kappa shape index (κ2) is 16.8. The van der Waals surface area contributed by atoms with Gasteiger partial charge in [0.2, 0.25) is 17.7 Å². The predicted molar refractivity (Wildman–Crippen MR) is 179 cm³/mol. The Labute approximate surface area is 279 Å². The zero-order valence-electron chi connectivity index (χ0n) is 26.7. The summed E-state index contributed by atoms with van der Waals surface area (Å²) in [6, 6.07) is 24.4. The van der Waals surface area contributed by atoms with E-state index in [9.17, 15) is 19.2 Å². The summed E-state index contributed by atoms with van der Waals surface area (Å²) >= 11 is 0. The molecular weight excluding hydrogens is 610 g/mol. The van der Waals surface area contributed by atoms with Gasteiger partial charge in [-0.2, -0.15) is 0 Å². The van der Waals surface area contributed by atoms with Crippen LogP contribution >= 0.6 is 0 Å². The van der Waals surface area contributed by atoms with Gasteiger partial charge >= 0.3 is 0 Å². The predicted octanol–water partition coefficient (Wildman–Crippen LogP) is 3.14. The Morgan fingerprint density at radius 3 is 2.29 bits per heavy atom. The number of aryl methyl sites for hydroxylation is 1. The molecule has 4 N–H and O–H groups in total. The van der Waals surface area contributed by atoms with Crippen LogP contribution in [0.15, 0.2) is 103 Å². The molecule has 2 heterocycles. The van der Waals surface area contributed by atoms with Gasteiger partial charge in [-0.25, -0.2) is 0 Å². The topological polar surface area (TPSA) is 148 Å². The lowest BCUT2D eigenvalue weighted by atomic mass is 10.0. The number of pyridine rings is 1. The number of ether oxygens (including phenoxy) is 2. The molecule has 0 saturated carbocycles. The molecule has 5 rings (SSSR count). The molecule has 0 aliphatic carbocycles. The fourth-order valence-electron chi connectivity index (χ4n) is 5.41. The van der Waals surface area contributed by atoms with Crippen molar-refractivity contribution in [3.8, 4) is 11.5 Å². The first-order chi connectivity index (χ1) is 23.4. The van der Waals surface area contributed by atoms with Crippen LogP contribution in [0.3, 0.4) is 0 Å². The maximum absolute atomic E-state index is 14.0. The summed E-state index contributed by atoms with van der Waals surface area (Å²) in [5.74, 6) is -0.871. The number of aromatic nitrogens is 1. The Morgan fingerprint density at radius 1 is 0.875 bits per heavy atom. The molecule has 0 unspecified atom stereocenters. The summed E-state index contributed by atoms with van der Waals surface area (Å²) in [4.78, 5) is 58.6. The molecule has 1 aliphatic rings. The van der Waals surface area contributed by atoms with E-state index in [1.165, 1.54) is 13.3 Å². The summed E-state index contributed by atoms with van der Waals surface area (Å²) < 4.78 is 11.2. The highest BCUT2D eigenvalue weighted by molar-refractivity contribution is 5.98. The van der Waals surface area contributed by atoms with Gasteiger partial charge in [0.1, 0.15) is 29.6 Å². The minimum Gasteiger partial charge on any atom is -0.457 e. The zero-order chi connectivity index (χ0) is 33.7. The van der Waals surface area contributed by atoms with Crippen LogP contribution in [0, 0.1) is 0 Å². The van der Waals surface area contributed by atoms with Crippen molar-refractivity contribution in [2.75, 3.05) is 20.3 Å². The molecule has 3 aromatic carbocycles. The van der Waals surface area contributed by atoms with Crippen LogP contribution in [-0.2, 0) is 38.4 Å². The summed E-state index contributed by atoms with van der Waals surface area (Å²) in [5, 5.41) is 11.4. The first-order valence-corrected chi connectivity index (χ1v) is 15.9. The number of benzene rings is 3. The van der Waals surface area contributed by atoms with E-state index in [1.807, 2.05) is 60.7 Å². The fourth-order valence-corrected chi connectivity index (χ4v) is 5.41. The van der Waals surface area contributed by atoms with Crippen molar-refractivity contribution in [1.29, 1.82) is 0 Å². The summed E-state index contributed by atoms with van der Waals surface area (Å²) in [6.07, 6.45) is 3.99. The number of nitrogens with zero attached hydrogens (tertiary/aromatic N) is 1. The number of hydrogen-bond donors (Lipinski definition) is 4. The number of rotatable bonds is 9. The lowest BCUT2D eigenvalue weighted by molar-refractivity contribution is -0.132. The van der Waals surface area contributed by atoms with Crippen LogP contribution in [0.5, 0.6) is 11.5 Å². The molecule has 3 atom stereocenters. The molecule has 4 bridgehead atoms. The largest absolute Gasteiger partial charge is 0.457 e. The molecule has 4 aromatic rings. The molecule has 0 radical (unpaired) electrons. The monoisotopic (exact) mass is 649 g/mol. The third kappa shape index (κ3) is 9.73. The SMILES string of the molecule is COCCNC(=O)[C@@H]1Cc2cccc(c2)Oc2cccc(c2)C[C@H](NC(=O)c2cccnc2)C(=O)N[C@@H](CCc2ccccc2)C(=O)N1. The first kappa shape index (κ1) is 33.8. The normalized spacial score (nSPS) is 18.1. The third-order valence-electron chi connectivity index (χ3n) is 7.89. The molecule has 11 heteroatoms. The maximum Gasteiger partial charge on any atom is 0.253 e. The molecule has 0 spiro atoms. The third-order valence-corrected chi connectivity index (χ3v) is 7.89. The van der Waals surface area contributed by atoms with Crippen LogP contribution in [0.25, 0.3) is 0 Å². The quantitative estimate of drug-likeness (QED) is 0.204. The van der Waals surface area contributed by atoms with Gasteiger partial charge in [-0.05, 0) is 65.9 Å². The molecular formula is C37H39N5O6.